The first kappa shape index (κ1) is 9.25. The van der Waals surface area contributed by atoms with Gasteiger partial charge >= 0.3 is 5.97 Å². The van der Waals surface area contributed by atoms with Crippen molar-refractivity contribution in [3.8, 4) is 0 Å². The van der Waals surface area contributed by atoms with E-state index in [1.807, 2.05) is 30.3 Å². The van der Waals surface area contributed by atoms with Crippen LogP contribution in [-0.4, -0.2) is 5.97 Å². The van der Waals surface area contributed by atoms with Gasteiger partial charge in [0.25, 0.3) is 0 Å². The molecule has 0 bridgehead atoms. The van der Waals surface area contributed by atoms with Crippen LogP contribution in [0, 0.1) is 0 Å². The highest BCUT2D eigenvalue weighted by molar-refractivity contribution is 5.69. The lowest BCUT2D eigenvalue weighted by atomic mass is 10.0. The van der Waals surface area contributed by atoms with Crippen LogP contribution in [0.15, 0.2) is 30.3 Å². The monoisotopic (exact) mass is 191 g/mol. The van der Waals surface area contributed by atoms with Crippen molar-refractivity contribution >= 4 is 5.97 Å². The van der Waals surface area contributed by atoms with Crippen molar-refractivity contribution in [3.05, 3.63) is 35.9 Å². The van der Waals surface area contributed by atoms with Crippen molar-refractivity contribution in [2.75, 3.05) is 0 Å². The fourth-order valence-electron chi connectivity index (χ4n) is 1.78. The normalized spacial score (nSPS) is 22.6. The summed E-state index contributed by atoms with van der Waals surface area (Å²) in [5, 5.41) is 0. The van der Waals surface area contributed by atoms with Gasteiger partial charge in [-0.15, -0.1) is 0 Å². The average Bonchev–Trinajstić information content (AvgIpc) is 2.44. The third-order valence-electron chi connectivity index (χ3n) is 2.54. The van der Waals surface area contributed by atoms with Crippen molar-refractivity contribution < 1.29 is 9.53 Å². The van der Waals surface area contributed by atoms with Crippen LogP contribution in [0.5, 0.6) is 0 Å². The summed E-state index contributed by atoms with van der Waals surface area (Å²) in [5.41, 5.74) is 1.11. The lowest BCUT2D eigenvalue weighted by molar-refractivity contribution is -0.148. The molecule has 1 heterocycles. The van der Waals surface area contributed by atoms with Crippen molar-refractivity contribution in [3.63, 3.8) is 0 Å². The zero-order valence-electron chi connectivity index (χ0n) is 8.11. The van der Waals surface area contributed by atoms with E-state index in [1.54, 1.807) is 0 Å². The van der Waals surface area contributed by atoms with E-state index in [4.69, 9.17) is 4.74 Å². The summed E-state index contributed by atoms with van der Waals surface area (Å²) in [6, 6.07) is 9.97. The number of carbonyl (C=O) groups excluding carboxylic acids is 1. The number of cyclic esters (lactones) is 1. The molecule has 1 unspecified atom stereocenters. The maximum absolute atomic E-state index is 11.2. The second-order valence-corrected chi connectivity index (χ2v) is 3.63. The second kappa shape index (κ2) is 4.27. The lowest BCUT2D eigenvalue weighted by Crippen LogP contribution is -2.07. The van der Waals surface area contributed by atoms with Crippen molar-refractivity contribution in [1.82, 2.24) is 0 Å². The molecule has 74 valence electrons. The Morgan fingerprint density at radius 2 is 1.93 bits per heavy atom. The van der Waals surface area contributed by atoms with Crippen molar-refractivity contribution in [2.24, 2.45) is 0 Å². The largest absolute Gasteiger partial charge is 0.457 e. The highest BCUT2D eigenvalue weighted by atomic mass is 17.1. The van der Waals surface area contributed by atoms with Crippen LogP contribution in [0.25, 0.3) is 0 Å². The van der Waals surface area contributed by atoms with Gasteiger partial charge in [-0.2, -0.15) is 0 Å². The van der Waals surface area contributed by atoms with E-state index in [9.17, 15) is 4.79 Å². The Bertz CT molecular complexity index is 305. The first-order chi connectivity index (χ1) is 6.86. The predicted molar refractivity (Wildman–Crippen MR) is 53.7 cm³/mol. The third kappa shape index (κ3) is 2.13. The predicted octanol–water partition coefficient (Wildman–Crippen LogP) is 2.84. The van der Waals surface area contributed by atoms with Crippen LogP contribution in [0.2, 0.25) is 0 Å². The average molecular weight is 191 g/mol. The molecule has 1 aliphatic rings. The molecular weight excluding hydrogens is 177 g/mol. The molecule has 2 heteroatoms. The minimum Gasteiger partial charge on any atom is -0.457 e. The number of benzene rings is 1. The number of rotatable bonds is 1. The summed E-state index contributed by atoms with van der Waals surface area (Å²) in [4.78, 5) is 11.2. The number of hydrogen-bond acceptors (Lipinski definition) is 2. The molecule has 0 aromatic heterocycles. The van der Waals surface area contributed by atoms with Crippen LogP contribution in [-0.2, 0) is 9.53 Å². The minimum absolute atomic E-state index is 0.0220. The molecule has 1 aromatic carbocycles. The molecule has 1 saturated heterocycles. The summed E-state index contributed by atoms with van der Waals surface area (Å²) < 4.78 is 5.36. The third-order valence-corrected chi connectivity index (χ3v) is 2.54. The highest BCUT2D eigenvalue weighted by Crippen LogP contribution is 2.27. The van der Waals surface area contributed by atoms with Crippen LogP contribution in [0.4, 0.5) is 0 Å². The number of carbonyl (C=O) groups is 1. The fraction of sp³-hybridized carbons (Fsp3) is 0.417. The Morgan fingerprint density at radius 3 is 2.71 bits per heavy atom. The topological polar surface area (TPSA) is 26.3 Å². The SMILES string of the molecule is [17O]=C1CCCCC(c2ccccc2)O1. The molecule has 2 nitrogen and oxygen atoms in total. The maximum Gasteiger partial charge on any atom is 0.306 e. The number of esters is 1. The Kier molecular flexibility index (Phi) is 2.82. The van der Waals surface area contributed by atoms with Gasteiger partial charge in [-0.1, -0.05) is 30.3 Å². The van der Waals surface area contributed by atoms with Gasteiger partial charge in [0.05, 0.1) is 0 Å². The standard InChI is InChI=1S/C12H14O2/c13-12-9-5-4-8-11(14-12)10-6-2-1-3-7-10/h1-3,6-7,11H,4-5,8-9H2/i13+1. The molecule has 14 heavy (non-hydrogen) atoms. The first-order valence-corrected chi connectivity index (χ1v) is 5.11. The Balaban J connectivity index is 2.13. The zero-order valence-corrected chi connectivity index (χ0v) is 8.11. The Hall–Kier alpha value is -1.31. The first-order valence-electron chi connectivity index (χ1n) is 5.11. The van der Waals surface area contributed by atoms with Crippen molar-refractivity contribution in [2.45, 2.75) is 31.8 Å². The number of ether oxygens (including phenoxy) is 1. The van der Waals surface area contributed by atoms with Gasteiger partial charge in [-0.25, -0.2) is 0 Å². The molecule has 1 aliphatic heterocycles. The van der Waals surface area contributed by atoms with Gasteiger partial charge < -0.3 is 4.74 Å². The number of hydrogen-bond donors (Lipinski definition) is 0. The molecular formula is C12H14O2. The summed E-state index contributed by atoms with van der Waals surface area (Å²) in [7, 11) is 0. The fourth-order valence-corrected chi connectivity index (χ4v) is 1.78. The van der Waals surface area contributed by atoms with Gasteiger partial charge in [0.1, 0.15) is 6.10 Å². The zero-order chi connectivity index (χ0) is 9.80. The molecule has 1 aromatic rings. The van der Waals surface area contributed by atoms with E-state index in [2.05, 4.69) is 0 Å². The molecule has 2 rings (SSSR count). The molecule has 0 N–H and O–H groups in total. The molecule has 0 amide bonds. The quantitative estimate of drug-likeness (QED) is 0.638. The summed E-state index contributed by atoms with van der Waals surface area (Å²) >= 11 is 0. The minimum atomic E-state index is -0.0589. The molecule has 0 saturated carbocycles. The lowest BCUT2D eigenvalue weighted by Gasteiger charge is -2.14. The van der Waals surface area contributed by atoms with Gasteiger partial charge in [0, 0.05) is 6.42 Å². The Labute approximate surface area is 83.9 Å². The second-order valence-electron chi connectivity index (χ2n) is 3.63. The van der Waals surface area contributed by atoms with Crippen LogP contribution >= 0.6 is 0 Å². The summed E-state index contributed by atoms with van der Waals surface area (Å²) in [5.74, 6) is -0.0589. The van der Waals surface area contributed by atoms with E-state index in [1.165, 1.54) is 0 Å². The molecule has 0 radical (unpaired) electrons. The van der Waals surface area contributed by atoms with E-state index >= 15 is 0 Å². The van der Waals surface area contributed by atoms with Crippen molar-refractivity contribution in [1.29, 1.82) is 0 Å². The van der Waals surface area contributed by atoms with Gasteiger partial charge in [0.15, 0.2) is 0 Å². The van der Waals surface area contributed by atoms with E-state index in [0.717, 1.165) is 24.8 Å². The smallest absolute Gasteiger partial charge is 0.306 e. The van der Waals surface area contributed by atoms with Gasteiger partial charge in [-0.3, -0.25) is 4.79 Å². The van der Waals surface area contributed by atoms with Gasteiger partial charge in [0.2, 0.25) is 0 Å². The van der Waals surface area contributed by atoms with E-state index in [0.29, 0.717) is 6.42 Å². The van der Waals surface area contributed by atoms with E-state index < -0.39 is 0 Å². The Morgan fingerprint density at radius 1 is 1.14 bits per heavy atom. The van der Waals surface area contributed by atoms with Gasteiger partial charge in [-0.05, 0) is 24.8 Å². The molecule has 0 spiro atoms. The maximum atomic E-state index is 11.2. The molecule has 0 aliphatic carbocycles. The van der Waals surface area contributed by atoms with Crippen LogP contribution < -0.4 is 0 Å². The highest BCUT2D eigenvalue weighted by Gasteiger charge is 2.19. The molecule has 1 atom stereocenters. The van der Waals surface area contributed by atoms with Crippen LogP contribution in [0.3, 0.4) is 0 Å². The van der Waals surface area contributed by atoms with E-state index in [-0.39, 0.29) is 12.1 Å². The van der Waals surface area contributed by atoms with Crippen LogP contribution in [0.1, 0.15) is 37.4 Å². The summed E-state index contributed by atoms with van der Waals surface area (Å²) in [6.45, 7) is 0. The summed E-state index contributed by atoms with van der Waals surface area (Å²) in [6.07, 6.45) is 3.54. The molecule has 1 fully saturated rings.